The van der Waals surface area contributed by atoms with Crippen LogP contribution in [0.3, 0.4) is 0 Å². The van der Waals surface area contributed by atoms with Gasteiger partial charge in [0.2, 0.25) is 0 Å². The lowest BCUT2D eigenvalue weighted by Gasteiger charge is -2.20. The molecule has 0 aliphatic rings. The lowest BCUT2D eigenvalue weighted by atomic mass is 9.97. The molecule has 3 heterocycles. The normalized spacial score (nSPS) is 11.6. The van der Waals surface area contributed by atoms with Crippen LogP contribution < -0.4 is 5.32 Å². The Bertz CT molecular complexity index is 1190. The molecule has 6 nitrogen and oxygen atoms in total. The first-order chi connectivity index (χ1) is 15.1. The molecule has 0 spiro atoms. The zero-order chi connectivity index (χ0) is 21.6. The lowest BCUT2D eigenvalue weighted by molar-refractivity contribution is 0.0941. The fraction of sp³-hybridized carbons (Fsp3) is 0.0833. The van der Waals surface area contributed by atoms with Crippen LogP contribution in [0.4, 0.5) is 0 Å². The molecule has 0 aliphatic carbocycles. The molecule has 0 bridgehead atoms. The number of amides is 1. The van der Waals surface area contributed by atoms with Crippen LogP contribution in [0.1, 0.15) is 33.3 Å². The molecule has 0 saturated carbocycles. The van der Waals surface area contributed by atoms with Crippen LogP contribution in [0.2, 0.25) is 0 Å². The van der Waals surface area contributed by atoms with Gasteiger partial charge in [0.1, 0.15) is 5.75 Å². The first kappa shape index (κ1) is 20.4. The Morgan fingerprint density at radius 3 is 2.48 bits per heavy atom. The Morgan fingerprint density at radius 1 is 1.00 bits per heavy atom. The van der Waals surface area contributed by atoms with Gasteiger partial charge in [0.25, 0.3) is 5.91 Å². The Morgan fingerprint density at radius 2 is 1.77 bits per heavy atom. The molecule has 0 radical (unpaired) electrons. The maximum absolute atomic E-state index is 13.0. The highest BCUT2D eigenvalue weighted by Gasteiger charge is 2.22. The largest absolute Gasteiger partial charge is 0.508 e. The molecule has 3 aromatic heterocycles. The van der Waals surface area contributed by atoms with Crippen LogP contribution in [-0.2, 0) is 0 Å². The van der Waals surface area contributed by atoms with Gasteiger partial charge in [-0.1, -0.05) is 30.3 Å². The number of benzene rings is 1. The highest BCUT2D eigenvalue weighted by molar-refractivity contribution is 7.17. The molecule has 154 valence electrons. The number of hydrogen-bond acceptors (Lipinski definition) is 6. The molecular weight excluding hydrogens is 408 g/mol. The zero-order valence-corrected chi connectivity index (χ0v) is 17.3. The van der Waals surface area contributed by atoms with Crippen molar-refractivity contribution >= 4 is 23.0 Å². The van der Waals surface area contributed by atoms with Gasteiger partial charge in [-0.3, -0.25) is 14.8 Å². The molecule has 31 heavy (non-hydrogen) atoms. The molecule has 1 unspecified atom stereocenters. The number of carbonyl (C=O) groups excluding carboxylic acids is 1. The molecule has 0 aliphatic heterocycles. The molecule has 1 atom stereocenters. The van der Waals surface area contributed by atoms with Gasteiger partial charge in [-0.25, -0.2) is 0 Å². The number of aromatic hydroxyl groups is 1. The number of para-hydroxylation sites is 1. The Hall–Kier alpha value is -3.84. The van der Waals surface area contributed by atoms with Gasteiger partial charge < -0.3 is 15.8 Å². The second kappa shape index (κ2) is 9.32. The van der Waals surface area contributed by atoms with Gasteiger partial charge in [0, 0.05) is 58.5 Å². The maximum atomic E-state index is 13.0. The van der Waals surface area contributed by atoms with Crippen molar-refractivity contribution in [3.63, 3.8) is 0 Å². The van der Waals surface area contributed by atoms with Crippen LogP contribution in [-0.4, -0.2) is 26.7 Å². The van der Waals surface area contributed by atoms with Crippen molar-refractivity contribution in [3.05, 3.63) is 101 Å². The lowest BCUT2D eigenvalue weighted by Crippen LogP contribution is -2.29. The number of phenols is 1. The van der Waals surface area contributed by atoms with Crippen molar-refractivity contribution < 1.29 is 9.90 Å². The van der Waals surface area contributed by atoms with Gasteiger partial charge in [0.05, 0.1) is 10.9 Å². The third-order valence-electron chi connectivity index (χ3n) is 4.81. The van der Waals surface area contributed by atoms with Crippen LogP contribution in [0.25, 0.3) is 10.4 Å². The number of nitrogens with zero attached hydrogens (tertiary/aromatic N) is 2. The van der Waals surface area contributed by atoms with Gasteiger partial charge in [-0.2, -0.15) is 0 Å². The van der Waals surface area contributed by atoms with Crippen molar-refractivity contribution in [2.75, 3.05) is 0 Å². The van der Waals surface area contributed by atoms with Crippen molar-refractivity contribution in [1.82, 2.24) is 15.3 Å². The number of hydrogen-bond donors (Lipinski definition) is 3. The molecule has 4 aromatic rings. The number of nitrogens with one attached hydrogen (secondary N) is 2. The number of carbonyl (C=O) groups is 1. The summed E-state index contributed by atoms with van der Waals surface area (Å²) in [4.78, 5) is 22.7. The first-order valence-electron chi connectivity index (χ1n) is 9.68. The molecular formula is C24H20N4O2S. The number of aromatic nitrogens is 2. The first-order valence-corrected chi connectivity index (χ1v) is 10.5. The van der Waals surface area contributed by atoms with E-state index in [1.165, 1.54) is 11.3 Å². The molecule has 1 amide bonds. The highest BCUT2D eigenvalue weighted by Crippen LogP contribution is 2.30. The van der Waals surface area contributed by atoms with Crippen LogP contribution in [0.15, 0.2) is 85.5 Å². The molecule has 0 fully saturated rings. The minimum absolute atomic E-state index is 0.0778. The summed E-state index contributed by atoms with van der Waals surface area (Å²) < 4.78 is 0. The minimum atomic E-state index is -0.564. The van der Waals surface area contributed by atoms with Crippen molar-refractivity contribution in [2.45, 2.75) is 12.5 Å². The maximum Gasteiger partial charge on any atom is 0.261 e. The summed E-state index contributed by atoms with van der Waals surface area (Å²) in [5, 5.41) is 21.8. The third kappa shape index (κ3) is 4.84. The molecule has 1 aromatic carbocycles. The van der Waals surface area contributed by atoms with E-state index in [0.29, 0.717) is 21.7 Å². The number of thiophene rings is 1. The monoisotopic (exact) mass is 428 g/mol. The van der Waals surface area contributed by atoms with Crippen molar-refractivity contribution in [1.29, 1.82) is 5.41 Å². The van der Waals surface area contributed by atoms with E-state index in [1.54, 1.807) is 67.3 Å². The fourth-order valence-corrected chi connectivity index (χ4v) is 4.14. The number of phenolic OH excluding ortho intramolecular Hbond substituents is 1. The standard InChI is InChI=1S/C24H20N4O2S/c25-19(16-5-3-11-26-14-16)13-20(18-7-1-2-8-21(18)29)28-24(30)23-10-9-22(31-23)17-6-4-12-27-15-17/h1-12,14-15,20,25,29H,13H2,(H,28,30). The summed E-state index contributed by atoms with van der Waals surface area (Å²) in [7, 11) is 0. The van der Waals surface area contributed by atoms with E-state index < -0.39 is 6.04 Å². The minimum Gasteiger partial charge on any atom is -0.508 e. The van der Waals surface area contributed by atoms with E-state index in [2.05, 4.69) is 15.3 Å². The average molecular weight is 429 g/mol. The van der Waals surface area contributed by atoms with Gasteiger partial charge in [-0.15, -0.1) is 11.3 Å². The summed E-state index contributed by atoms with van der Waals surface area (Å²) in [6, 6.07) is 17.3. The summed E-state index contributed by atoms with van der Waals surface area (Å²) in [5.41, 5.74) is 2.51. The Labute approximate surface area is 183 Å². The van der Waals surface area contributed by atoms with Gasteiger partial charge in [-0.05, 0) is 30.3 Å². The fourth-order valence-electron chi connectivity index (χ4n) is 3.24. The predicted molar refractivity (Wildman–Crippen MR) is 122 cm³/mol. The van der Waals surface area contributed by atoms with Gasteiger partial charge >= 0.3 is 0 Å². The van der Waals surface area contributed by atoms with Crippen molar-refractivity contribution in [2.24, 2.45) is 0 Å². The van der Waals surface area contributed by atoms with Crippen LogP contribution >= 0.6 is 11.3 Å². The van der Waals surface area contributed by atoms with E-state index in [9.17, 15) is 9.90 Å². The average Bonchev–Trinajstić information content (AvgIpc) is 3.31. The molecule has 0 saturated heterocycles. The van der Waals surface area contributed by atoms with Crippen LogP contribution in [0, 0.1) is 5.41 Å². The molecule has 7 heteroatoms. The smallest absolute Gasteiger partial charge is 0.261 e. The van der Waals surface area contributed by atoms with E-state index in [1.807, 2.05) is 18.2 Å². The van der Waals surface area contributed by atoms with Crippen LogP contribution in [0.5, 0.6) is 5.75 Å². The SMILES string of the molecule is N=C(CC(NC(=O)c1ccc(-c2cccnc2)s1)c1ccccc1O)c1cccnc1. The zero-order valence-electron chi connectivity index (χ0n) is 16.5. The Balaban J connectivity index is 1.57. The topological polar surface area (TPSA) is 99.0 Å². The number of rotatable bonds is 7. The van der Waals surface area contributed by atoms with E-state index in [4.69, 9.17) is 5.41 Å². The van der Waals surface area contributed by atoms with E-state index >= 15 is 0 Å². The Kier molecular flexibility index (Phi) is 6.14. The molecule has 3 N–H and O–H groups in total. The summed E-state index contributed by atoms with van der Waals surface area (Å²) in [6.45, 7) is 0. The van der Waals surface area contributed by atoms with E-state index in [0.717, 1.165) is 10.4 Å². The quantitative estimate of drug-likeness (QED) is 0.367. The molecule has 4 rings (SSSR count). The van der Waals surface area contributed by atoms with E-state index in [-0.39, 0.29) is 18.1 Å². The summed E-state index contributed by atoms with van der Waals surface area (Å²) in [5.74, 6) is -0.179. The summed E-state index contributed by atoms with van der Waals surface area (Å²) >= 11 is 1.37. The van der Waals surface area contributed by atoms with Gasteiger partial charge in [0.15, 0.2) is 0 Å². The van der Waals surface area contributed by atoms with Crippen molar-refractivity contribution in [3.8, 4) is 16.2 Å². The second-order valence-electron chi connectivity index (χ2n) is 6.91. The predicted octanol–water partition coefficient (Wildman–Crippen LogP) is 4.84. The second-order valence-corrected chi connectivity index (χ2v) is 8.00. The number of pyridine rings is 2. The highest BCUT2D eigenvalue weighted by atomic mass is 32.1. The summed E-state index contributed by atoms with van der Waals surface area (Å²) in [6.07, 6.45) is 6.95. The third-order valence-corrected chi connectivity index (χ3v) is 5.94.